The lowest BCUT2D eigenvalue weighted by Crippen LogP contribution is -2.35. The Bertz CT molecular complexity index is 804. The predicted octanol–water partition coefficient (Wildman–Crippen LogP) is 3.62. The first-order chi connectivity index (χ1) is 12.5. The van der Waals surface area contributed by atoms with Crippen LogP contribution in [0.2, 0.25) is 0 Å². The summed E-state index contributed by atoms with van der Waals surface area (Å²) >= 11 is 0. The van der Waals surface area contributed by atoms with Crippen molar-refractivity contribution in [2.45, 2.75) is 53.1 Å². The molecule has 5 heteroatoms. The SMILES string of the molecule is CC[C@@H](C)CC(=O)NC[C@@H]1Cc2cc(-c3nc(C)cnc3C)ccc2O1. The minimum atomic E-state index is -0.00850. The molecule has 3 rings (SSSR count). The number of aromatic nitrogens is 2. The minimum Gasteiger partial charge on any atom is -0.488 e. The second-order valence-electron chi connectivity index (χ2n) is 7.23. The van der Waals surface area contributed by atoms with Crippen molar-refractivity contribution in [3.05, 3.63) is 41.3 Å². The molecule has 0 saturated carbocycles. The molecule has 0 saturated heterocycles. The minimum absolute atomic E-state index is 0.00850. The van der Waals surface area contributed by atoms with E-state index in [9.17, 15) is 4.79 Å². The molecule has 138 valence electrons. The predicted molar refractivity (Wildman–Crippen MR) is 102 cm³/mol. The van der Waals surface area contributed by atoms with Crippen LogP contribution in [0.4, 0.5) is 0 Å². The molecule has 1 N–H and O–H groups in total. The fraction of sp³-hybridized carbons (Fsp3) is 0.476. The Hall–Kier alpha value is -2.43. The van der Waals surface area contributed by atoms with E-state index in [-0.39, 0.29) is 12.0 Å². The van der Waals surface area contributed by atoms with E-state index in [1.807, 2.05) is 26.0 Å². The van der Waals surface area contributed by atoms with Gasteiger partial charge in [0.15, 0.2) is 0 Å². The number of nitrogens with one attached hydrogen (secondary N) is 1. The van der Waals surface area contributed by atoms with Gasteiger partial charge in [-0.3, -0.25) is 9.78 Å². The van der Waals surface area contributed by atoms with E-state index >= 15 is 0 Å². The molecule has 2 heterocycles. The van der Waals surface area contributed by atoms with Crippen LogP contribution in [0.25, 0.3) is 11.3 Å². The number of hydrogen-bond donors (Lipinski definition) is 1. The zero-order valence-corrected chi connectivity index (χ0v) is 16.0. The van der Waals surface area contributed by atoms with Crippen molar-refractivity contribution in [3.63, 3.8) is 0 Å². The van der Waals surface area contributed by atoms with E-state index in [4.69, 9.17) is 4.74 Å². The third-order valence-corrected chi connectivity index (χ3v) is 4.91. The highest BCUT2D eigenvalue weighted by Crippen LogP contribution is 2.33. The normalized spacial score (nSPS) is 16.7. The molecule has 2 atom stereocenters. The highest BCUT2D eigenvalue weighted by molar-refractivity contribution is 5.76. The number of carbonyl (C=O) groups excluding carboxylic acids is 1. The second kappa shape index (κ2) is 7.85. The molecule has 1 aliphatic heterocycles. The van der Waals surface area contributed by atoms with E-state index < -0.39 is 0 Å². The van der Waals surface area contributed by atoms with Crippen molar-refractivity contribution in [1.29, 1.82) is 0 Å². The Morgan fingerprint density at radius 1 is 1.38 bits per heavy atom. The summed E-state index contributed by atoms with van der Waals surface area (Å²) in [6.45, 7) is 8.67. The molecule has 1 aliphatic rings. The van der Waals surface area contributed by atoms with Crippen molar-refractivity contribution in [2.24, 2.45) is 5.92 Å². The highest BCUT2D eigenvalue weighted by Gasteiger charge is 2.24. The number of rotatable bonds is 6. The zero-order chi connectivity index (χ0) is 18.7. The number of hydrogen-bond acceptors (Lipinski definition) is 4. The topological polar surface area (TPSA) is 64.1 Å². The second-order valence-corrected chi connectivity index (χ2v) is 7.23. The fourth-order valence-electron chi connectivity index (χ4n) is 3.15. The molecule has 0 bridgehead atoms. The third kappa shape index (κ3) is 4.21. The van der Waals surface area contributed by atoms with Crippen molar-refractivity contribution in [3.8, 4) is 17.0 Å². The molecule has 1 aromatic carbocycles. The molecule has 2 aromatic rings. The van der Waals surface area contributed by atoms with Crippen molar-refractivity contribution >= 4 is 5.91 Å². The molecule has 1 aromatic heterocycles. The summed E-state index contributed by atoms with van der Waals surface area (Å²) in [5, 5.41) is 3.00. The van der Waals surface area contributed by atoms with Crippen LogP contribution in [0.1, 0.15) is 43.6 Å². The molecule has 0 spiro atoms. The number of ether oxygens (including phenoxy) is 1. The van der Waals surface area contributed by atoms with Crippen LogP contribution in [0.15, 0.2) is 24.4 Å². The monoisotopic (exact) mass is 353 g/mol. The molecular weight excluding hydrogens is 326 g/mol. The first-order valence-corrected chi connectivity index (χ1v) is 9.33. The van der Waals surface area contributed by atoms with Gasteiger partial charge in [0, 0.05) is 24.6 Å². The van der Waals surface area contributed by atoms with Crippen LogP contribution in [-0.2, 0) is 11.2 Å². The smallest absolute Gasteiger partial charge is 0.220 e. The Morgan fingerprint density at radius 3 is 2.96 bits per heavy atom. The summed E-state index contributed by atoms with van der Waals surface area (Å²) in [5.74, 6) is 1.41. The quantitative estimate of drug-likeness (QED) is 0.861. The van der Waals surface area contributed by atoms with E-state index in [1.165, 1.54) is 0 Å². The van der Waals surface area contributed by atoms with Crippen LogP contribution in [0.3, 0.4) is 0 Å². The lowest BCUT2D eigenvalue weighted by molar-refractivity contribution is -0.122. The maximum Gasteiger partial charge on any atom is 0.220 e. The summed E-state index contributed by atoms with van der Waals surface area (Å²) < 4.78 is 5.98. The van der Waals surface area contributed by atoms with Gasteiger partial charge in [0.2, 0.25) is 5.91 Å². The Kier molecular flexibility index (Phi) is 5.55. The van der Waals surface area contributed by atoms with Crippen LogP contribution in [-0.4, -0.2) is 28.5 Å². The standard InChI is InChI=1S/C21H27N3O2/c1-5-13(2)8-20(25)23-12-18-10-17-9-16(6-7-19(17)26-18)21-15(4)22-11-14(3)24-21/h6-7,9,11,13,18H,5,8,10,12H2,1-4H3,(H,23,25)/t13-,18+/m1/s1. The average molecular weight is 353 g/mol. The molecule has 5 nitrogen and oxygen atoms in total. The van der Waals surface area contributed by atoms with Crippen LogP contribution in [0.5, 0.6) is 5.75 Å². The summed E-state index contributed by atoms with van der Waals surface area (Å²) in [4.78, 5) is 21.0. The van der Waals surface area contributed by atoms with Crippen LogP contribution < -0.4 is 10.1 Å². The van der Waals surface area contributed by atoms with Crippen LogP contribution in [0, 0.1) is 19.8 Å². The number of amides is 1. The third-order valence-electron chi connectivity index (χ3n) is 4.91. The lowest BCUT2D eigenvalue weighted by Gasteiger charge is -2.13. The van der Waals surface area contributed by atoms with Crippen molar-refractivity contribution in [1.82, 2.24) is 15.3 Å². The maximum absolute atomic E-state index is 12.0. The number of benzene rings is 1. The van der Waals surface area contributed by atoms with Crippen molar-refractivity contribution in [2.75, 3.05) is 6.54 Å². The number of nitrogens with zero attached hydrogens (tertiary/aromatic N) is 2. The van der Waals surface area contributed by atoms with Gasteiger partial charge in [0.05, 0.1) is 23.6 Å². The summed E-state index contributed by atoms with van der Waals surface area (Å²) in [7, 11) is 0. The number of carbonyl (C=O) groups is 1. The summed E-state index contributed by atoms with van der Waals surface area (Å²) in [6.07, 6.45) is 4.17. The Morgan fingerprint density at radius 2 is 2.19 bits per heavy atom. The summed E-state index contributed by atoms with van der Waals surface area (Å²) in [6, 6.07) is 6.15. The maximum atomic E-state index is 12.0. The molecule has 1 amide bonds. The molecule has 26 heavy (non-hydrogen) atoms. The number of aryl methyl sites for hydroxylation is 2. The largest absolute Gasteiger partial charge is 0.488 e. The van der Waals surface area contributed by atoms with Gasteiger partial charge in [-0.1, -0.05) is 20.3 Å². The van der Waals surface area contributed by atoms with E-state index in [1.54, 1.807) is 6.20 Å². The van der Waals surface area contributed by atoms with Gasteiger partial charge in [0.1, 0.15) is 11.9 Å². The van der Waals surface area contributed by atoms with E-state index in [0.717, 1.165) is 46.8 Å². The molecule has 0 fully saturated rings. The fourth-order valence-corrected chi connectivity index (χ4v) is 3.15. The highest BCUT2D eigenvalue weighted by atomic mass is 16.5. The zero-order valence-electron chi connectivity index (χ0n) is 16.0. The molecule has 0 aliphatic carbocycles. The van der Waals surface area contributed by atoms with Gasteiger partial charge < -0.3 is 10.1 Å². The first-order valence-electron chi connectivity index (χ1n) is 9.33. The van der Waals surface area contributed by atoms with Gasteiger partial charge in [0.25, 0.3) is 0 Å². The van der Waals surface area contributed by atoms with Crippen LogP contribution >= 0.6 is 0 Å². The van der Waals surface area contributed by atoms with Gasteiger partial charge in [-0.25, -0.2) is 4.98 Å². The van der Waals surface area contributed by atoms with Gasteiger partial charge in [-0.15, -0.1) is 0 Å². The lowest BCUT2D eigenvalue weighted by atomic mass is 10.0. The summed E-state index contributed by atoms with van der Waals surface area (Å²) in [5.41, 5.74) is 4.96. The Labute approximate surface area is 155 Å². The number of fused-ring (bicyclic) bond motifs is 1. The molecule has 0 radical (unpaired) electrons. The molecular formula is C21H27N3O2. The van der Waals surface area contributed by atoms with Gasteiger partial charge >= 0.3 is 0 Å². The van der Waals surface area contributed by atoms with Crippen molar-refractivity contribution < 1.29 is 9.53 Å². The Balaban J connectivity index is 1.65. The first kappa shape index (κ1) is 18.4. The van der Waals surface area contributed by atoms with Gasteiger partial charge in [-0.2, -0.15) is 0 Å². The van der Waals surface area contributed by atoms with E-state index in [0.29, 0.717) is 18.9 Å². The van der Waals surface area contributed by atoms with E-state index in [2.05, 4.69) is 35.2 Å². The molecule has 0 unspecified atom stereocenters. The average Bonchev–Trinajstić information content (AvgIpc) is 3.04. The van der Waals surface area contributed by atoms with Gasteiger partial charge in [-0.05, 0) is 43.5 Å².